The maximum Gasteiger partial charge on any atom is 0.0615 e. The number of nitrogens with one attached hydrogen (secondary N) is 1. The molecule has 0 aromatic heterocycles. The van der Waals surface area contributed by atoms with Gasteiger partial charge >= 0.3 is 0 Å². The molecule has 0 saturated heterocycles. The maximum absolute atomic E-state index is 5.13. The van der Waals surface area contributed by atoms with Crippen LogP contribution in [0.15, 0.2) is 0 Å². The van der Waals surface area contributed by atoms with Gasteiger partial charge in [0.2, 0.25) is 0 Å². The van der Waals surface area contributed by atoms with Crippen molar-refractivity contribution in [2.24, 2.45) is 0 Å². The predicted molar refractivity (Wildman–Crippen MR) is 47.4 cm³/mol. The van der Waals surface area contributed by atoms with Crippen molar-refractivity contribution in [2.45, 2.75) is 25.3 Å². The van der Waals surface area contributed by atoms with Gasteiger partial charge in [-0.2, -0.15) is 0 Å². The molecule has 1 unspecified atom stereocenters. The summed E-state index contributed by atoms with van der Waals surface area (Å²) in [7, 11) is 3.66. The fourth-order valence-electron chi connectivity index (χ4n) is 0.963. The van der Waals surface area contributed by atoms with Crippen molar-refractivity contribution >= 4 is 0 Å². The zero-order valence-corrected chi connectivity index (χ0v) is 7.39. The van der Waals surface area contributed by atoms with Gasteiger partial charge in [0.05, 0.1) is 6.61 Å². The van der Waals surface area contributed by atoms with Crippen molar-refractivity contribution in [1.82, 2.24) is 5.32 Å². The van der Waals surface area contributed by atoms with Crippen LogP contribution in [-0.4, -0.2) is 26.8 Å². The highest BCUT2D eigenvalue weighted by Gasteiger charge is 2.02. The van der Waals surface area contributed by atoms with Crippen LogP contribution in [0.3, 0.4) is 0 Å². The first-order chi connectivity index (χ1) is 5.35. The molecule has 11 heavy (non-hydrogen) atoms. The molecule has 0 aromatic rings. The van der Waals surface area contributed by atoms with Gasteiger partial charge < -0.3 is 10.1 Å². The Hall–Kier alpha value is -0.520. The Bertz CT molecular complexity index is 117. The first kappa shape index (κ1) is 10.5. The summed E-state index contributed by atoms with van der Waals surface area (Å²) >= 11 is 0. The molecule has 0 amide bonds. The molecule has 1 atom stereocenters. The third kappa shape index (κ3) is 5.90. The molecule has 0 aliphatic rings. The maximum atomic E-state index is 5.13. The highest BCUT2D eigenvalue weighted by atomic mass is 16.5. The van der Waals surface area contributed by atoms with E-state index < -0.39 is 0 Å². The fourth-order valence-corrected chi connectivity index (χ4v) is 0.963. The summed E-state index contributed by atoms with van der Waals surface area (Å²) in [6, 6.07) is 0.452. The van der Waals surface area contributed by atoms with E-state index in [-0.39, 0.29) is 0 Å². The monoisotopic (exact) mass is 155 g/mol. The lowest BCUT2D eigenvalue weighted by molar-refractivity contribution is 0.165. The number of hydrogen-bond acceptors (Lipinski definition) is 2. The Morgan fingerprint density at radius 2 is 2.36 bits per heavy atom. The van der Waals surface area contributed by atoms with Crippen molar-refractivity contribution < 1.29 is 4.74 Å². The average molecular weight is 155 g/mol. The summed E-state index contributed by atoms with van der Waals surface area (Å²) in [6.07, 6.45) is 8.16. The van der Waals surface area contributed by atoms with Crippen LogP contribution in [-0.2, 0) is 4.74 Å². The van der Waals surface area contributed by atoms with Crippen LogP contribution in [0.2, 0.25) is 0 Å². The van der Waals surface area contributed by atoms with Crippen molar-refractivity contribution in [3.63, 3.8) is 0 Å². The summed E-state index contributed by atoms with van der Waals surface area (Å²) in [6.45, 7) is 0.765. The largest absolute Gasteiger partial charge is 0.383 e. The lowest BCUT2D eigenvalue weighted by Gasteiger charge is -2.13. The molecule has 0 heterocycles. The van der Waals surface area contributed by atoms with Crippen LogP contribution in [0.25, 0.3) is 0 Å². The molecule has 0 rings (SSSR count). The molecule has 64 valence electrons. The molecule has 0 radical (unpaired) electrons. The molecular weight excluding hydrogens is 138 g/mol. The lowest BCUT2D eigenvalue weighted by Crippen LogP contribution is -2.29. The van der Waals surface area contributed by atoms with E-state index in [1.54, 1.807) is 7.11 Å². The van der Waals surface area contributed by atoms with E-state index in [1.165, 1.54) is 0 Å². The molecule has 2 nitrogen and oxygen atoms in total. The first-order valence-electron chi connectivity index (χ1n) is 3.94. The number of likely N-dealkylation sites (N-methyl/N-ethyl adjacent to an activating group) is 1. The smallest absolute Gasteiger partial charge is 0.0615 e. The van der Waals surface area contributed by atoms with Gasteiger partial charge in [0.25, 0.3) is 0 Å². The third-order valence-corrected chi connectivity index (χ3v) is 1.65. The molecule has 0 fully saturated rings. The highest BCUT2D eigenvalue weighted by molar-refractivity contribution is 4.83. The number of hydrogen-bond donors (Lipinski definition) is 1. The van der Waals surface area contributed by atoms with Gasteiger partial charge in [-0.15, -0.1) is 12.3 Å². The molecule has 0 aromatic carbocycles. The fraction of sp³-hybridized carbons (Fsp3) is 0.778. The van der Waals surface area contributed by atoms with Crippen LogP contribution in [0.4, 0.5) is 0 Å². The Morgan fingerprint density at radius 3 is 2.82 bits per heavy atom. The van der Waals surface area contributed by atoms with Crippen LogP contribution >= 0.6 is 0 Å². The number of rotatable bonds is 6. The zero-order chi connectivity index (χ0) is 8.53. The van der Waals surface area contributed by atoms with Gasteiger partial charge in [0.1, 0.15) is 0 Å². The van der Waals surface area contributed by atoms with Crippen LogP contribution < -0.4 is 5.32 Å². The molecule has 0 saturated carbocycles. The Balaban J connectivity index is 3.29. The van der Waals surface area contributed by atoms with E-state index in [1.807, 2.05) is 7.05 Å². The van der Waals surface area contributed by atoms with Crippen molar-refractivity contribution in [1.29, 1.82) is 0 Å². The van der Waals surface area contributed by atoms with Crippen molar-refractivity contribution in [3.05, 3.63) is 0 Å². The van der Waals surface area contributed by atoms with Crippen LogP contribution in [0.1, 0.15) is 19.3 Å². The highest BCUT2D eigenvalue weighted by Crippen LogP contribution is 1.99. The lowest BCUT2D eigenvalue weighted by atomic mass is 10.1. The van der Waals surface area contributed by atoms with Crippen LogP contribution in [0.5, 0.6) is 0 Å². The Morgan fingerprint density at radius 1 is 1.64 bits per heavy atom. The van der Waals surface area contributed by atoms with E-state index >= 15 is 0 Å². The SMILES string of the molecule is C#CCCCC(COC)NC. The summed E-state index contributed by atoms with van der Waals surface area (Å²) in [4.78, 5) is 0. The van der Waals surface area contributed by atoms with Gasteiger partial charge in [-0.05, 0) is 19.9 Å². The molecule has 0 spiro atoms. The summed E-state index contributed by atoms with van der Waals surface area (Å²) in [5, 5.41) is 3.17. The second-order valence-corrected chi connectivity index (χ2v) is 2.54. The minimum atomic E-state index is 0.452. The molecule has 0 bridgehead atoms. The molecule has 1 N–H and O–H groups in total. The molecular formula is C9H17NO. The van der Waals surface area contributed by atoms with Gasteiger partial charge in [0.15, 0.2) is 0 Å². The summed E-state index contributed by atoms with van der Waals surface area (Å²) in [5.41, 5.74) is 0. The van der Waals surface area contributed by atoms with E-state index in [4.69, 9.17) is 11.2 Å². The molecule has 0 aliphatic heterocycles. The molecule has 0 aliphatic carbocycles. The Kier molecular flexibility index (Phi) is 7.23. The minimum absolute atomic E-state index is 0.452. The summed E-state index contributed by atoms with van der Waals surface area (Å²) in [5.74, 6) is 2.62. The number of terminal acetylenes is 1. The number of methoxy groups -OCH3 is 1. The van der Waals surface area contributed by atoms with E-state index in [0.717, 1.165) is 25.9 Å². The number of unbranched alkanes of at least 4 members (excludes halogenated alkanes) is 1. The van der Waals surface area contributed by atoms with Gasteiger partial charge in [0, 0.05) is 19.6 Å². The van der Waals surface area contributed by atoms with Crippen molar-refractivity contribution in [3.8, 4) is 12.3 Å². The topological polar surface area (TPSA) is 21.3 Å². The van der Waals surface area contributed by atoms with Gasteiger partial charge in [-0.3, -0.25) is 0 Å². The van der Waals surface area contributed by atoms with Gasteiger partial charge in [-0.1, -0.05) is 0 Å². The predicted octanol–water partition coefficient (Wildman–Crippen LogP) is 1.02. The second-order valence-electron chi connectivity index (χ2n) is 2.54. The van der Waals surface area contributed by atoms with E-state index in [0.29, 0.717) is 6.04 Å². The zero-order valence-electron chi connectivity index (χ0n) is 7.39. The quantitative estimate of drug-likeness (QED) is 0.457. The van der Waals surface area contributed by atoms with Crippen molar-refractivity contribution in [2.75, 3.05) is 20.8 Å². The normalized spacial score (nSPS) is 12.5. The Labute approximate surface area is 69.3 Å². The third-order valence-electron chi connectivity index (χ3n) is 1.65. The second kappa shape index (κ2) is 7.59. The standard InChI is InChI=1S/C9H17NO/c1-4-5-6-7-9(10-2)8-11-3/h1,9-10H,5-8H2,2-3H3. The van der Waals surface area contributed by atoms with Gasteiger partial charge in [-0.25, -0.2) is 0 Å². The van der Waals surface area contributed by atoms with E-state index in [2.05, 4.69) is 11.2 Å². The minimum Gasteiger partial charge on any atom is -0.383 e. The average Bonchev–Trinajstić information content (AvgIpc) is 2.03. The number of ether oxygens (including phenoxy) is 1. The first-order valence-corrected chi connectivity index (χ1v) is 3.94. The molecule has 2 heteroatoms. The van der Waals surface area contributed by atoms with E-state index in [9.17, 15) is 0 Å². The summed E-state index contributed by atoms with van der Waals surface area (Å²) < 4.78 is 5.01. The van der Waals surface area contributed by atoms with Crippen LogP contribution in [0, 0.1) is 12.3 Å².